The van der Waals surface area contributed by atoms with Gasteiger partial charge in [0.05, 0.1) is 0 Å². The third kappa shape index (κ3) is 6.43. The molecular formula is C20H27N7O3. The highest BCUT2D eigenvalue weighted by Gasteiger charge is 2.19. The predicted molar refractivity (Wildman–Crippen MR) is 115 cm³/mol. The molecule has 2 aromatic rings. The lowest BCUT2D eigenvalue weighted by atomic mass is 10.0. The quantitative estimate of drug-likeness (QED) is 0.397. The molecule has 0 spiro atoms. The van der Waals surface area contributed by atoms with E-state index in [0.717, 1.165) is 0 Å². The van der Waals surface area contributed by atoms with E-state index in [4.69, 9.17) is 11.5 Å². The summed E-state index contributed by atoms with van der Waals surface area (Å²) in [6, 6.07) is 6.21. The number of benzene rings is 1. The zero-order chi connectivity index (χ0) is 22.3. The fraction of sp³-hybridized carbons (Fsp3) is 0.350. The fourth-order valence-corrected chi connectivity index (χ4v) is 2.62. The average Bonchev–Trinajstić information content (AvgIpc) is 2.68. The first-order chi connectivity index (χ1) is 14.2. The Morgan fingerprint density at radius 1 is 1.07 bits per heavy atom. The number of carbonyl (C=O) groups is 3. The van der Waals surface area contributed by atoms with Crippen molar-refractivity contribution in [3.05, 3.63) is 36.0 Å². The van der Waals surface area contributed by atoms with Crippen molar-refractivity contribution < 1.29 is 14.4 Å². The molecular weight excluding hydrogens is 386 g/mol. The van der Waals surface area contributed by atoms with Crippen LogP contribution in [-0.2, 0) is 9.59 Å². The van der Waals surface area contributed by atoms with Crippen LogP contribution in [0, 0.1) is 5.92 Å². The van der Waals surface area contributed by atoms with Crippen molar-refractivity contribution in [3.8, 4) is 0 Å². The summed E-state index contributed by atoms with van der Waals surface area (Å²) in [4.78, 5) is 43.3. The Morgan fingerprint density at radius 3 is 2.23 bits per heavy atom. The molecule has 3 amide bonds. The lowest BCUT2D eigenvalue weighted by Crippen LogP contribution is -2.37. The molecule has 30 heavy (non-hydrogen) atoms. The second-order valence-corrected chi connectivity index (χ2v) is 7.15. The van der Waals surface area contributed by atoms with Crippen LogP contribution in [-0.4, -0.2) is 33.7 Å². The van der Waals surface area contributed by atoms with Crippen LogP contribution in [0.2, 0.25) is 0 Å². The summed E-state index contributed by atoms with van der Waals surface area (Å²) < 4.78 is 0. The van der Waals surface area contributed by atoms with E-state index in [1.165, 1.54) is 6.20 Å². The zero-order valence-electron chi connectivity index (χ0n) is 17.2. The van der Waals surface area contributed by atoms with Gasteiger partial charge in [-0.05, 0) is 36.6 Å². The molecule has 0 aliphatic rings. The molecule has 0 fully saturated rings. The van der Waals surface area contributed by atoms with Crippen LogP contribution in [0.4, 0.5) is 23.1 Å². The number of nitrogens with one attached hydrogen (secondary N) is 3. The number of anilines is 4. The molecule has 0 aliphatic heterocycles. The van der Waals surface area contributed by atoms with E-state index in [1.54, 1.807) is 31.2 Å². The Balaban J connectivity index is 2.25. The van der Waals surface area contributed by atoms with Gasteiger partial charge in [0.15, 0.2) is 0 Å². The van der Waals surface area contributed by atoms with Crippen molar-refractivity contribution in [1.82, 2.24) is 9.97 Å². The Bertz CT molecular complexity index is 913. The predicted octanol–water partition coefficient (Wildman–Crippen LogP) is 1.98. The van der Waals surface area contributed by atoms with Crippen LogP contribution in [0.5, 0.6) is 0 Å². The monoisotopic (exact) mass is 413 g/mol. The maximum absolute atomic E-state index is 11.8. The highest BCUT2D eigenvalue weighted by Crippen LogP contribution is 2.22. The molecule has 1 unspecified atom stereocenters. The smallest absolute Gasteiger partial charge is 0.254 e. The molecule has 0 aliphatic carbocycles. The fourth-order valence-electron chi connectivity index (χ4n) is 2.62. The van der Waals surface area contributed by atoms with Gasteiger partial charge in [0.2, 0.25) is 17.8 Å². The van der Waals surface area contributed by atoms with Gasteiger partial charge in [-0.25, -0.2) is 4.98 Å². The van der Waals surface area contributed by atoms with Gasteiger partial charge < -0.3 is 27.4 Å². The van der Waals surface area contributed by atoms with Crippen molar-refractivity contribution in [1.29, 1.82) is 0 Å². The van der Waals surface area contributed by atoms with Crippen molar-refractivity contribution >= 4 is 40.9 Å². The van der Waals surface area contributed by atoms with Crippen LogP contribution in [0.3, 0.4) is 0 Å². The Hall–Kier alpha value is -3.69. The van der Waals surface area contributed by atoms with E-state index in [1.807, 2.05) is 13.8 Å². The van der Waals surface area contributed by atoms with Crippen molar-refractivity contribution in [3.63, 3.8) is 0 Å². The third-order valence-electron chi connectivity index (χ3n) is 4.16. The maximum atomic E-state index is 11.8. The summed E-state index contributed by atoms with van der Waals surface area (Å²) in [6.07, 6.45) is 2.16. The summed E-state index contributed by atoms with van der Waals surface area (Å²) in [5.74, 6) is -0.778. The van der Waals surface area contributed by atoms with Gasteiger partial charge in [-0.1, -0.05) is 20.8 Å². The Kier molecular flexibility index (Phi) is 7.68. The molecule has 1 heterocycles. The molecule has 0 bridgehead atoms. The van der Waals surface area contributed by atoms with E-state index in [9.17, 15) is 14.4 Å². The summed E-state index contributed by atoms with van der Waals surface area (Å²) >= 11 is 0. The number of hydrogen-bond donors (Lipinski definition) is 5. The molecule has 7 N–H and O–H groups in total. The lowest BCUT2D eigenvalue weighted by molar-refractivity contribution is -0.119. The number of carbonyl (C=O) groups excluding carboxylic acids is 3. The normalized spacial score (nSPS) is 11.6. The molecule has 1 aromatic heterocycles. The molecule has 1 atom stereocenters. The minimum absolute atomic E-state index is 0.0865. The van der Waals surface area contributed by atoms with Crippen molar-refractivity contribution in [2.75, 3.05) is 16.0 Å². The molecule has 160 valence electrons. The topological polar surface area (TPSA) is 165 Å². The van der Waals surface area contributed by atoms with Gasteiger partial charge in [0.1, 0.15) is 17.4 Å². The van der Waals surface area contributed by atoms with Gasteiger partial charge in [-0.2, -0.15) is 4.98 Å². The summed E-state index contributed by atoms with van der Waals surface area (Å²) in [7, 11) is 0. The second kappa shape index (κ2) is 10.2. The number of rotatable bonds is 10. The SMILES string of the molecule is CCC(=O)Nc1ccc(Nc2nc(NC(CC(C)C)C(N)=O)ncc2C(N)=O)cc1. The highest BCUT2D eigenvalue weighted by molar-refractivity contribution is 5.98. The van der Waals surface area contributed by atoms with Crippen LogP contribution >= 0.6 is 0 Å². The summed E-state index contributed by atoms with van der Waals surface area (Å²) in [5, 5.41) is 8.66. The van der Waals surface area contributed by atoms with Crippen molar-refractivity contribution in [2.24, 2.45) is 17.4 Å². The van der Waals surface area contributed by atoms with Gasteiger partial charge in [-0.3, -0.25) is 14.4 Å². The minimum Gasteiger partial charge on any atom is -0.368 e. The van der Waals surface area contributed by atoms with Crippen LogP contribution in [0.25, 0.3) is 0 Å². The minimum atomic E-state index is -0.704. The number of nitrogens with zero attached hydrogens (tertiary/aromatic N) is 2. The lowest BCUT2D eigenvalue weighted by Gasteiger charge is -2.18. The first kappa shape index (κ1) is 22.6. The van der Waals surface area contributed by atoms with Gasteiger partial charge >= 0.3 is 0 Å². The second-order valence-electron chi connectivity index (χ2n) is 7.15. The van der Waals surface area contributed by atoms with E-state index >= 15 is 0 Å². The molecule has 10 heteroatoms. The van der Waals surface area contributed by atoms with Gasteiger partial charge in [0, 0.05) is 24.0 Å². The van der Waals surface area contributed by atoms with Gasteiger partial charge in [0.25, 0.3) is 5.91 Å². The molecule has 1 aromatic carbocycles. The first-order valence-corrected chi connectivity index (χ1v) is 9.59. The molecule has 2 rings (SSSR count). The summed E-state index contributed by atoms with van der Waals surface area (Å²) in [5.41, 5.74) is 12.2. The Morgan fingerprint density at radius 2 is 1.70 bits per heavy atom. The average molecular weight is 413 g/mol. The van der Waals surface area contributed by atoms with Crippen LogP contribution in [0.15, 0.2) is 30.5 Å². The first-order valence-electron chi connectivity index (χ1n) is 9.59. The molecule has 10 nitrogen and oxygen atoms in total. The standard InChI is InChI=1S/C20H27N7O3/c1-4-16(28)24-12-5-7-13(8-6-12)25-19-14(17(21)29)10-23-20(27-19)26-15(18(22)30)9-11(2)3/h5-8,10-11,15H,4,9H2,1-3H3,(H2,21,29)(H2,22,30)(H,24,28)(H2,23,25,26,27). The number of primary amides is 2. The van der Waals surface area contributed by atoms with E-state index in [0.29, 0.717) is 24.2 Å². The molecule has 0 saturated carbocycles. The summed E-state index contributed by atoms with van der Waals surface area (Å²) in [6.45, 7) is 5.70. The number of amides is 3. The zero-order valence-corrected chi connectivity index (χ0v) is 17.2. The third-order valence-corrected chi connectivity index (χ3v) is 4.16. The van der Waals surface area contributed by atoms with Crippen LogP contribution in [0.1, 0.15) is 44.0 Å². The number of hydrogen-bond acceptors (Lipinski definition) is 7. The number of aromatic nitrogens is 2. The van der Waals surface area contributed by atoms with Gasteiger partial charge in [-0.15, -0.1) is 0 Å². The largest absolute Gasteiger partial charge is 0.368 e. The highest BCUT2D eigenvalue weighted by atomic mass is 16.2. The molecule has 0 radical (unpaired) electrons. The maximum Gasteiger partial charge on any atom is 0.254 e. The van der Waals surface area contributed by atoms with E-state index in [2.05, 4.69) is 25.9 Å². The molecule has 0 saturated heterocycles. The van der Waals surface area contributed by atoms with Crippen molar-refractivity contribution in [2.45, 2.75) is 39.7 Å². The van der Waals surface area contributed by atoms with E-state index in [-0.39, 0.29) is 29.2 Å². The van der Waals surface area contributed by atoms with Crippen LogP contribution < -0.4 is 27.4 Å². The number of nitrogens with two attached hydrogens (primary N) is 2. The van der Waals surface area contributed by atoms with E-state index < -0.39 is 17.9 Å². The Labute approximate surface area is 174 Å².